The molecule has 1 aliphatic heterocycles. The van der Waals surface area contributed by atoms with Gasteiger partial charge in [-0.15, -0.1) is 0 Å². The topological polar surface area (TPSA) is 73.9 Å². The van der Waals surface area contributed by atoms with Crippen molar-refractivity contribution in [2.75, 3.05) is 19.8 Å². The SMILES string of the molecule is CCCCOCC(=O)[C@H]1OCC[C@H]1NC(=O)OC(C)(C)C. The minimum atomic E-state index is -0.640. The van der Waals surface area contributed by atoms with Crippen LogP contribution in [0.15, 0.2) is 0 Å². The zero-order valence-electron chi connectivity index (χ0n) is 13.4. The van der Waals surface area contributed by atoms with E-state index in [0.717, 1.165) is 12.8 Å². The summed E-state index contributed by atoms with van der Waals surface area (Å²) in [5.74, 6) is -0.135. The Morgan fingerprint density at radius 1 is 1.33 bits per heavy atom. The van der Waals surface area contributed by atoms with E-state index in [1.165, 1.54) is 0 Å². The molecule has 0 saturated carbocycles. The summed E-state index contributed by atoms with van der Waals surface area (Å²) in [6.07, 6.45) is 1.39. The minimum absolute atomic E-state index is 0.0250. The monoisotopic (exact) mass is 301 g/mol. The van der Waals surface area contributed by atoms with Crippen molar-refractivity contribution in [3.63, 3.8) is 0 Å². The third-order valence-corrected chi connectivity index (χ3v) is 3.00. The first kappa shape index (κ1) is 17.9. The molecule has 6 nitrogen and oxygen atoms in total. The van der Waals surface area contributed by atoms with Crippen LogP contribution in [0, 0.1) is 0 Å². The summed E-state index contributed by atoms with van der Waals surface area (Å²) in [5, 5.41) is 2.71. The van der Waals surface area contributed by atoms with Crippen LogP contribution in [0.4, 0.5) is 4.79 Å². The number of carbonyl (C=O) groups is 2. The summed E-state index contributed by atoms with van der Waals surface area (Å²) in [5.41, 5.74) is -0.563. The van der Waals surface area contributed by atoms with E-state index in [2.05, 4.69) is 12.2 Å². The molecule has 1 saturated heterocycles. The summed E-state index contributed by atoms with van der Waals surface area (Å²) in [7, 11) is 0. The van der Waals surface area contributed by atoms with Crippen LogP contribution in [0.25, 0.3) is 0 Å². The molecule has 0 aromatic rings. The number of Topliss-reactive ketones (excluding diaryl/α,β-unsaturated/α-hetero) is 1. The van der Waals surface area contributed by atoms with Gasteiger partial charge in [0.05, 0.1) is 6.04 Å². The standard InChI is InChI=1S/C15H27NO5/c1-5-6-8-19-10-12(17)13-11(7-9-20-13)16-14(18)21-15(2,3)4/h11,13H,5-10H2,1-4H3,(H,16,18)/t11-,13+/m1/s1. The van der Waals surface area contributed by atoms with Crippen molar-refractivity contribution >= 4 is 11.9 Å². The second-order valence-electron chi connectivity index (χ2n) is 6.21. The fourth-order valence-corrected chi connectivity index (χ4v) is 2.01. The Morgan fingerprint density at radius 3 is 2.67 bits per heavy atom. The van der Waals surface area contributed by atoms with Crippen LogP contribution in [-0.2, 0) is 19.0 Å². The van der Waals surface area contributed by atoms with E-state index in [1.807, 2.05) is 0 Å². The molecule has 1 amide bonds. The maximum Gasteiger partial charge on any atom is 0.407 e. The van der Waals surface area contributed by atoms with Crippen molar-refractivity contribution in [1.29, 1.82) is 0 Å². The number of ketones is 1. The molecule has 0 radical (unpaired) electrons. The van der Waals surface area contributed by atoms with Gasteiger partial charge in [-0.25, -0.2) is 4.79 Å². The molecule has 21 heavy (non-hydrogen) atoms. The van der Waals surface area contributed by atoms with Gasteiger partial charge in [-0.1, -0.05) is 13.3 Å². The van der Waals surface area contributed by atoms with E-state index in [1.54, 1.807) is 20.8 Å². The lowest BCUT2D eigenvalue weighted by molar-refractivity contribution is -0.133. The molecular formula is C15H27NO5. The molecule has 2 atom stereocenters. The molecule has 1 rings (SSSR count). The number of amides is 1. The lowest BCUT2D eigenvalue weighted by atomic mass is 10.1. The van der Waals surface area contributed by atoms with Gasteiger partial charge in [0.2, 0.25) is 0 Å². The van der Waals surface area contributed by atoms with Gasteiger partial charge in [-0.3, -0.25) is 4.79 Å². The third kappa shape index (κ3) is 6.91. The number of nitrogens with one attached hydrogen (secondary N) is 1. The lowest BCUT2D eigenvalue weighted by Gasteiger charge is -2.23. The molecule has 0 aromatic carbocycles. The zero-order valence-corrected chi connectivity index (χ0v) is 13.4. The number of unbranched alkanes of at least 4 members (excludes halogenated alkanes) is 1. The predicted octanol–water partition coefficient (Wildman–Crippen LogP) is 2.05. The fraction of sp³-hybridized carbons (Fsp3) is 0.867. The van der Waals surface area contributed by atoms with Crippen LogP contribution in [0.3, 0.4) is 0 Å². The van der Waals surface area contributed by atoms with Crippen LogP contribution >= 0.6 is 0 Å². The molecule has 0 aliphatic carbocycles. The molecule has 1 N–H and O–H groups in total. The van der Waals surface area contributed by atoms with Gasteiger partial charge >= 0.3 is 6.09 Å². The number of ether oxygens (including phenoxy) is 3. The molecule has 0 aromatic heterocycles. The molecule has 6 heteroatoms. The third-order valence-electron chi connectivity index (χ3n) is 3.00. The summed E-state index contributed by atoms with van der Waals surface area (Å²) in [4.78, 5) is 23.8. The second kappa shape index (κ2) is 8.34. The first-order chi connectivity index (χ1) is 9.83. The van der Waals surface area contributed by atoms with E-state index < -0.39 is 17.8 Å². The Hall–Kier alpha value is -1.14. The van der Waals surface area contributed by atoms with Crippen molar-refractivity contribution < 1.29 is 23.8 Å². The van der Waals surface area contributed by atoms with Crippen LogP contribution in [-0.4, -0.2) is 49.4 Å². The Morgan fingerprint density at radius 2 is 2.05 bits per heavy atom. The maximum absolute atomic E-state index is 12.0. The average Bonchev–Trinajstić information content (AvgIpc) is 2.80. The number of hydrogen-bond donors (Lipinski definition) is 1. The number of rotatable bonds is 7. The van der Waals surface area contributed by atoms with E-state index in [9.17, 15) is 9.59 Å². The second-order valence-corrected chi connectivity index (χ2v) is 6.21. The first-order valence-electron chi connectivity index (χ1n) is 7.55. The highest BCUT2D eigenvalue weighted by molar-refractivity contribution is 5.86. The van der Waals surface area contributed by atoms with E-state index in [0.29, 0.717) is 19.6 Å². The zero-order chi connectivity index (χ0) is 15.9. The summed E-state index contributed by atoms with van der Waals surface area (Å²) < 4.78 is 15.9. The highest BCUT2D eigenvalue weighted by Gasteiger charge is 2.35. The smallest absolute Gasteiger partial charge is 0.407 e. The van der Waals surface area contributed by atoms with Crippen molar-refractivity contribution in [1.82, 2.24) is 5.32 Å². The number of hydrogen-bond acceptors (Lipinski definition) is 5. The molecule has 0 spiro atoms. The van der Waals surface area contributed by atoms with Crippen molar-refractivity contribution in [2.45, 2.75) is 64.7 Å². The lowest BCUT2D eigenvalue weighted by Crippen LogP contribution is -2.46. The molecule has 1 aliphatic rings. The molecule has 1 heterocycles. The van der Waals surface area contributed by atoms with Crippen LogP contribution < -0.4 is 5.32 Å². The number of alkyl carbamates (subject to hydrolysis) is 1. The van der Waals surface area contributed by atoms with Crippen molar-refractivity contribution in [2.24, 2.45) is 0 Å². The maximum atomic E-state index is 12.0. The van der Waals surface area contributed by atoms with E-state index in [-0.39, 0.29) is 18.4 Å². The fourth-order valence-electron chi connectivity index (χ4n) is 2.01. The summed E-state index contributed by atoms with van der Waals surface area (Å²) in [6.45, 7) is 8.49. The van der Waals surface area contributed by atoms with Gasteiger partial charge in [0.15, 0.2) is 5.78 Å². The quantitative estimate of drug-likeness (QED) is 0.729. The summed E-state index contributed by atoms with van der Waals surface area (Å²) >= 11 is 0. The molecule has 0 unspecified atom stereocenters. The van der Waals surface area contributed by atoms with Gasteiger partial charge in [0.25, 0.3) is 0 Å². The van der Waals surface area contributed by atoms with Gasteiger partial charge in [-0.2, -0.15) is 0 Å². The van der Waals surface area contributed by atoms with Gasteiger partial charge in [-0.05, 0) is 33.6 Å². The van der Waals surface area contributed by atoms with Gasteiger partial charge in [0, 0.05) is 13.2 Å². The minimum Gasteiger partial charge on any atom is -0.444 e. The van der Waals surface area contributed by atoms with Crippen LogP contribution in [0.5, 0.6) is 0 Å². The number of carbonyl (C=O) groups excluding carboxylic acids is 2. The molecule has 122 valence electrons. The van der Waals surface area contributed by atoms with Crippen LogP contribution in [0.1, 0.15) is 47.0 Å². The molecule has 0 bridgehead atoms. The van der Waals surface area contributed by atoms with Gasteiger partial charge in [0.1, 0.15) is 18.3 Å². The van der Waals surface area contributed by atoms with E-state index >= 15 is 0 Å². The van der Waals surface area contributed by atoms with Gasteiger partial charge < -0.3 is 19.5 Å². The Bertz CT molecular complexity index is 350. The molecular weight excluding hydrogens is 274 g/mol. The predicted molar refractivity (Wildman–Crippen MR) is 78.2 cm³/mol. The van der Waals surface area contributed by atoms with Crippen molar-refractivity contribution in [3.05, 3.63) is 0 Å². The van der Waals surface area contributed by atoms with E-state index in [4.69, 9.17) is 14.2 Å². The van der Waals surface area contributed by atoms with Crippen LogP contribution in [0.2, 0.25) is 0 Å². The highest BCUT2D eigenvalue weighted by Crippen LogP contribution is 2.16. The normalized spacial score (nSPS) is 22.1. The first-order valence-corrected chi connectivity index (χ1v) is 7.55. The summed E-state index contributed by atoms with van der Waals surface area (Å²) in [6, 6.07) is -0.345. The Kier molecular flexibility index (Phi) is 7.11. The van der Waals surface area contributed by atoms with Crippen molar-refractivity contribution in [3.8, 4) is 0 Å². The molecule has 1 fully saturated rings. The average molecular weight is 301 g/mol. The largest absolute Gasteiger partial charge is 0.444 e. The highest BCUT2D eigenvalue weighted by atomic mass is 16.6. The Labute approximate surface area is 126 Å². The Balaban J connectivity index is 2.40.